The molecule has 16 heavy (non-hydrogen) atoms. The van der Waals surface area contributed by atoms with Gasteiger partial charge in [-0.1, -0.05) is 24.3 Å². The van der Waals surface area contributed by atoms with Gasteiger partial charge in [0, 0.05) is 5.57 Å². The minimum Gasteiger partial charge on any atom is -0.366 e. The molecule has 0 aromatic heterocycles. The monoisotopic (exact) mass is 221 g/mol. The smallest absolute Gasteiger partial charge is 0.244 e. The summed E-state index contributed by atoms with van der Waals surface area (Å²) >= 11 is 0. The molecule has 0 bridgehead atoms. The van der Waals surface area contributed by atoms with Crippen molar-refractivity contribution < 1.29 is 9.18 Å². The number of aryl methyl sites for hydroxylation is 2. The van der Waals surface area contributed by atoms with Crippen molar-refractivity contribution in [2.75, 3.05) is 6.67 Å². The number of rotatable bonds is 5. The molecule has 1 aromatic carbocycles. The van der Waals surface area contributed by atoms with Crippen LogP contribution in [0.3, 0.4) is 0 Å². The molecule has 3 heteroatoms. The molecule has 1 amide bonds. The van der Waals surface area contributed by atoms with Crippen LogP contribution < -0.4 is 5.73 Å². The SMILES string of the molecule is Cc1ccccc1CCC(=CCF)C(N)=O. The van der Waals surface area contributed by atoms with Crippen LogP contribution in [-0.4, -0.2) is 12.6 Å². The summed E-state index contributed by atoms with van der Waals surface area (Å²) in [7, 11) is 0. The van der Waals surface area contributed by atoms with Gasteiger partial charge in [-0.2, -0.15) is 0 Å². The van der Waals surface area contributed by atoms with E-state index in [-0.39, 0.29) is 0 Å². The lowest BCUT2D eigenvalue weighted by atomic mass is 10.0. The molecule has 2 nitrogen and oxygen atoms in total. The molecule has 1 aromatic rings. The van der Waals surface area contributed by atoms with Crippen molar-refractivity contribution in [2.24, 2.45) is 5.73 Å². The van der Waals surface area contributed by atoms with E-state index in [0.29, 0.717) is 18.4 Å². The molecule has 0 aliphatic rings. The van der Waals surface area contributed by atoms with E-state index in [4.69, 9.17) is 5.73 Å². The van der Waals surface area contributed by atoms with E-state index < -0.39 is 12.6 Å². The Morgan fingerprint density at radius 3 is 2.69 bits per heavy atom. The fourth-order valence-electron chi connectivity index (χ4n) is 1.58. The second-order valence-corrected chi connectivity index (χ2v) is 3.67. The second-order valence-electron chi connectivity index (χ2n) is 3.67. The summed E-state index contributed by atoms with van der Waals surface area (Å²) in [6, 6.07) is 7.93. The number of amides is 1. The minimum atomic E-state index is -0.647. The average molecular weight is 221 g/mol. The molecule has 0 fully saturated rings. The van der Waals surface area contributed by atoms with E-state index >= 15 is 0 Å². The topological polar surface area (TPSA) is 43.1 Å². The molecular weight excluding hydrogens is 205 g/mol. The highest BCUT2D eigenvalue weighted by atomic mass is 19.1. The van der Waals surface area contributed by atoms with Gasteiger partial charge < -0.3 is 5.73 Å². The molecule has 0 radical (unpaired) electrons. The van der Waals surface area contributed by atoms with Crippen molar-refractivity contribution in [1.29, 1.82) is 0 Å². The lowest BCUT2D eigenvalue weighted by molar-refractivity contribution is -0.114. The first-order valence-corrected chi connectivity index (χ1v) is 5.24. The van der Waals surface area contributed by atoms with Gasteiger partial charge in [0.05, 0.1) is 0 Å². The Morgan fingerprint density at radius 2 is 2.12 bits per heavy atom. The van der Waals surface area contributed by atoms with Gasteiger partial charge >= 0.3 is 0 Å². The number of carbonyl (C=O) groups excluding carboxylic acids is 1. The zero-order chi connectivity index (χ0) is 12.0. The van der Waals surface area contributed by atoms with Crippen molar-refractivity contribution in [3.05, 3.63) is 47.0 Å². The quantitative estimate of drug-likeness (QED) is 0.762. The molecule has 0 heterocycles. The first-order chi connectivity index (χ1) is 7.65. The summed E-state index contributed by atoms with van der Waals surface area (Å²) in [5.41, 5.74) is 7.85. The van der Waals surface area contributed by atoms with Gasteiger partial charge in [0.15, 0.2) is 0 Å². The highest BCUT2D eigenvalue weighted by Gasteiger charge is 2.05. The molecule has 0 aliphatic heterocycles. The fourth-order valence-corrected chi connectivity index (χ4v) is 1.58. The predicted octanol–water partition coefficient (Wildman–Crippen LogP) is 2.31. The van der Waals surface area contributed by atoms with Crippen molar-refractivity contribution in [3.8, 4) is 0 Å². The zero-order valence-corrected chi connectivity index (χ0v) is 9.37. The maximum atomic E-state index is 12.1. The van der Waals surface area contributed by atoms with Crippen LogP contribution in [0.25, 0.3) is 0 Å². The van der Waals surface area contributed by atoms with Crippen LogP contribution in [-0.2, 0) is 11.2 Å². The summed E-state index contributed by atoms with van der Waals surface area (Å²) in [5, 5.41) is 0. The van der Waals surface area contributed by atoms with E-state index in [2.05, 4.69) is 0 Å². The number of benzene rings is 1. The third-order valence-corrected chi connectivity index (χ3v) is 2.56. The number of halogens is 1. The zero-order valence-electron chi connectivity index (χ0n) is 9.37. The molecule has 1 rings (SSSR count). The highest BCUT2D eigenvalue weighted by molar-refractivity contribution is 5.91. The average Bonchev–Trinajstić information content (AvgIpc) is 2.26. The Labute approximate surface area is 95.0 Å². The van der Waals surface area contributed by atoms with Crippen LogP contribution in [0.1, 0.15) is 17.5 Å². The maximum absolute atomic E-state index is 12.1. The number of alkyl halides is 1. The van der Waals surface area contributed by atoms with Gasteiger partial charge in [-0.15, -0.1) is 0 Å². The van der Waals surface area contributed by atoms with Crippen molar-refractivity contribution >= 4 is 5.91 Å². The minimum absolute atomic E-state index is 0.366. The Bertz CT molecular complexity index is 399. The summed E-state index contributed by atoms with van der Waals surface area (Å²) in [4.78, 5) is 11.0. The Balaban J connectivity index is 2.67. The first-order valence-electron chi connectivity index (χ1n) is 5.24. The van der Waals surface area contributed by atoms with Gasteiger partial charge in [0.1, 0.15) is 6.67 Å². The number of allylic oxidation sites excluding steroid dienone is 1. The van der Waals surface area contributed by atoms with Crippen LogP contribution in [0, 0.1) is 6.92 Å². The van der Waals surface area contributed by atoms with Crippen molar-refractivity contribution in [2.45, 2.75) is 19.8 Å². The fraction of sp³-hybridized carbons (Fsp3) is 0.308. The number of nitrogens with two attached hydrogens (primary N) is 1. The van der Waals surface area contributed by atoms with Crippen LogP contribution >= 0.6 is 0 Å². The van der Waals surface area contributed by atoms with Gasteiger partial charge in [0.25, 0.3) is 0 Å². The van der Waals surface area contributed by atoms with Gasteiger partial charge in [0.2, 0.25) is 5.91 Å². The lowest BCUT2D eigenvalue weighted by Crippen LogP contribution is -2.15. The molecule has 2 N–H and O–H groups in total. The second kappa shape index (κ2) is 6.05. The molecule has 0 unspecified atom stereocenters. The summed E-state index contributed by atoms with van der Waals surface area (Å²) in [6.07, 6.45) is 2.45. The molecule has 86 valence electrons. The normalized spacial score (nSPS) is 11.5. The van der Waals surface area contributed by atoms with Crippen LogP contribution in [0.5, 0.6) is 0 Å². The third-order valence-electron chi connectivity index (χ3n) is 2.56. The molecule has 0 aliphatic carbocycles. The first kappa shape index (κ1) is 12.4. The predicted molar refractivity (Wildman–Crippen MR) is 62.8 cm³/mol. The van der Waals surface area contributed by atoms with Gasteiger partial charge in [-0.25, -0.2) is 4.39 Å². The van der Waals surface area contributed by atoms with Gasteiger partial charge in [-0.05, 0) is 37.0 Å². The van der Waals surface area contributed by atoms with Gasteiger partial charge in [-0.3, -0.25) is 4.79 Å². The number of primary amides is 1. The molecule has 0 atom stereocenters. The third kappa shape index (κ3) is 3.50. The lowest BCUT2D eigenvalue weighted by Gasteiger charge is -2.06. The molecular formula is C13H16FNO. The van der Waals surface area contributed by atoms with Crippen LogP contribution in [0.2, 0.25) is 0 Å². The Hall–Kier alpha value is -1.64. The van der Waals surface area contributed by atoms with E-state index in [1.807, 2.05) is 31.2 Å². The number of carbonyl (C=O) groups is 1. The largest absolute Gasteiger partial charge is 0.366 e. The van der Waals surface area contributed by atoms with Crippen LogP contribution in [0.15, 0.2) is 35.9 Å². The summed E-state index contributed by atoms with van der Waals surface area (Å²) in [6.45, 7) is 1.37. The summed E-state index contributed by atoms with van der Waals surface area (Å²) < 4.78 is 12.1. The molecule has 0 saturated carbocycles. The Morgan fingerprint density at radius 1 is 1.44 bits per heavy atom. The molecule has 0 saturated heterocycles. The van der Waals surface area contributed by atoms with Crippen molar-refractivity contribution in [3.63, 3.8) is 0 Å². The van der Waals surface area contributed by atoms with Crippen LogP contribution in [0.4, 0.5) is 4.39 Å². The van der Waals surface area contributed by atoms with E-state index in [9.17, 15) is 9.18 Å². The molecule has 0 spiro atoms. The Kier molecular flexibility index (Phi) is 4.70. The van der Waals surface area contributed by atoms with Crippen molar-refractivity contribution in [1.82, 2.24) is 0 Å². The van der Waals surface area contributed by atoms with E-state index in [1.165, 1.54) is 11.6 Å². The maximum Gasteiger partial charge on any atom is 0.244 e. The summed E-state index contributed by atoms with van der Waals surface area (Å²) in [5.74, 6) is -0.536. The number of hydrogen-bond acceptors (Lipinski definition) is 1. The number of hydrogen-bond donors (Lipinski definition) is 1. The van der Waals surface area contributed by atoms with E-state index in [0.717, 1.165) is 5.56 Å². The highest BCUT2D eigenvalue weighted by Crippen LogP contribution is 2.13. The van der Waals surface area contributed by atoms with E-state index in [1.54, 1.807) is 0 Å². The standard InChI is InChI=1S/C13H16FNO/c1-10-4-2-3-5-11(10)6-7-12(8-9-14)13(15)16/h2-5,8H,6-7,9H2,1H3,(H2,15,16).